The summed E-state index contributed by atoms with van der Waals surface area (Å²) in [6.07, 6.45) is 3.36. The standard InChI is InChI=1S/C7H10N2O2.C2H6/c1-5-3-7(9(10)11)6(2)8-4-5;1-2/h3-4,6,8H,1-2H3;1-2H3. The zero-order valence-corrected chi connectivity index (χ0v) is 8.50. The largest absolute Gasteiger partial charge is 0.379 e. The first-order valence-electron chi connectivity index (χ1n) is 4.40. The second-order valence-electron chi connectivity index (χ2n) is 2.60. The van der Waals surface area contributed by atoms with E-state index in [-0.39, 0.29) is 16.7 Å². The van der Waals surface area contributed by atoms with E-state index < -0.39 is 0 Å². The minimum Gasteiger partial charge on any atom is -0.379 e. The highest BCUT2D eigenvalue weighted by molar-refractivity contribution is 5.24. The van der Waals surface area contributed by atoms with Gasteiger partial charge in [-0.2, -0.15) is 0 Å². The Morgan fingerprint density at radius 2 is 2.08 bits per heavy atom. The first-order chi connectivity index (χ1) is 6.11. The SMILES string of the molecule is CC.CC1=CNC(C)C([N+](=O)[O-])=C1. The third-order valence-electron chi connectivity index (χ3n) is 1.59. The van der Waals surface area contributed by atoms with Gasteiger partial charge in [-0.05, 0) is 19.4 Å². The third kappa shape index (κ3) is 3.27. The van der Waals surface area contributed by atoms with Crippen LogP contribution in [0.3, 0.4) is 0 Å². The maximum absolute atomic E-state index is 10.4. The molecule has 1 atom stereocenters. The summed E-state index contributed by atoms with van der Waals surface area (Å²) in [5, 5.41) is 13.3. The molecule has 1 aliphatic heterocycles. The summed E-state index contributed by atoms with van der Waals surface area (Å²) in [5.41, 5.74) is 1.11. The van der Waals surface area contributed by atoms with E-state index in [4.69, 9.17) is 0 Å². The average Bonchev–Trinajstić information content (AvgIpc) is 2.12. The minimum absolute atomic E-state index is 0.186. The van der Waals surface area contributed by atoms with Crippen LogP contribution in [0.25, 0.3) is 0 Å². The van der Waals surface area contributed by atoms with Crippen molar-refractivity contribution in [2.45, 2.75) is 33.7 Å². The molecule has 4 nitrogen and oxygen atoms in total. The molecular formula is C9H16N2O2. The van der Waals surface area contributed by atoms with Gasteiger partial charge in [-0.3, -0.25) is 10.1 Å². The number of hydrogen-bond donors (Lipinski definition) is 1. The van der Waals surface area contributed by atoms with E-state index in [1.54, 1.807) is 19.2 Å². The maximum atomic E-state index is 10.4. The fourth-order valence-corrected chi connectivity index (χ4v) is 0.953. The molecule has 0 spiro atoms. The molecule has 1 heterocycles. The molecule has 74 valence electrons. The van der Waals surface area contributed by atoms with Crippen molar-refractivity contribution in [1.82, 2.24) is 5.32 Å². The smallest absolute Gasteiger partial charge is 0.268 e. The molecule has 0 saturated heterocycles. The molecule has 1 aliphatic rings. The molecule has 0 amide bonds. The lowest BCUT2D eigenvalue weighted by Gasteiger charge is -2.13. The van der Waals surface area contributed by atoms with Gasteiger partial charge < -0.3 is 5.32 Å². The lowest BCUT2D eigenvalue weighted by molar-refractivity contribution is -0.430. The van der Waals surface area contributed by atoms with Crippen molar-refractivity contribution < 1.29 is 4.92 Å². The van der Waals surface area contributed by atoms with Crippen molar-refractivity contribution in [1.29, 1.82) is 0 Å². The second-order valence-corrected chi connectivity index (χ2v) is 2.60. The van der Waals surface area contributed by atoms with E-state index >= 15 is 0 Å². The summed E-state index contributed by atoms with van der Waals surface area (Å²) in [4.78, 5) is 10.0. The molecule has 0 aliphatic carbocycles. The van der Waals surface area contributed by atoms with Crippen LogP contribution in [0.15, 0.2) is 23.5 Å². The van der Waals surface area contributed by atoms with Crippen molar-refractivity contribution in [2.75, 3.05) is 0 Å². The van der Waals surface area contributed by atoms with Gasteiger partial charge in [-0.15, -0.1) is 0 Å². The summed E-state index contributed by atoms with van der Waals surface area (Å²) in [6.45, 7) is 7.58. The zero-order valence-electron chi connectivity index (χ0n) is 8.50. The number of nitrogens with zero attached hydrogens (tertiary/aromatic N) is 1. The van der Waals surface area contributed by atoms with Crippen LogP contribution in [0.4, 0.5) is 0 Å². The molecule has 0 aromatic carbocycles. The summed E-state index contributed by atoms with van der Waals surface area (Å²) in [6, 6.07) is -0.186. The van der Waals surface area contributed by atoms with E-state index in [1.807, 2.05) is 20.8 Å². The van der Waals surface area contributed by atoms with Crippen molar-refractivity contribution in [3.05, 3.63) is 33.7 Å². The van der Waals surface area contributed by atoms with Crippen molar-refractivity contribution in [2.24, 2.45) is 0 Å². The van der Waals surface area contributed by atoms with Crippen LogP contribution >= 0.6 is 0 Å². The Morgan fingerprint density at radius 3 is 2.46 bits per heavy atom. The van der Waals surface area contributed by atoms with Gasteiger partial charge >= 0.3 is 0 Å². The molecule has 1 N–H and O–H groups in total. The van der Waals surface area contributed by atoms with Gasteiger partial charge in [0.25, 0.3) is 5.70 Å². The van der Waals surface area contributed by atoms with E-state index in [9.17, 15) is 10.1 Å². The summed E-state index contributed by atoms with van der Waals surface area (Å²) >= 11 is 0. The molecule has 0 bridgehead atoms. The van der Waals surface area contributed by atoms with Crippen molar-refractivity contribution in [3.8, 4) is 0 Å². The molecule has 1 unspecified atom stereocenters. The summed E-state index contributed by atoms with van der Waals surface area (Å²) in [5.74, 6) is 0. The maximum Gasteiger partial charge on any atom is 0.268 e. The van der Waals surface area contributed by atoms with Crippen molar-refractivity contribution in [3.63, 3.8) is 0 Å². The lowest BCUT2D eigenvalue weighted by Crippen LogP contribution is -2.29. The topological polar surface area (TPSA) is 55.2 Å². The van der Waals surface area contributed by atoms with Gasteiger partial charge in [0.1, 0.15) is 6.04 Å². The molecule has 13 heavy (non-hydrogen) atoms. The Balaban J connectivity index is 0.000000671. The Labute approximate surface area is 78.5 Å². The Morgan fingerprint density at radius 1 is 1.54 bits per heavy atom. The van der Waals surface area contributed by atoms with E-state index in [1.165, 1.54) is 0 Å². The number of nitro groups is 1. The van der Waals surface area contributed by atoms with Crippen LogP contribution in [0.1, 0.15) is 27.7 Å². The van der Waals surface area contributed by atoms with E-state index in [2.05, 4.69) is 5.32 Å². The Bertz CT molecular complexity index is 244. The van der Waals surface area contributed by atoms with Crippen LogP contribution < -0.4 is 5.32 Å². The molecular weight excluding hydrogens is 168 g/mol. The molecule has 1 rings (SSSR count). The first kappa shape index (κ1) is 11.7. The zero-order chi connectivity index (χ0) is 10.4. The molecule has 0 aromatic heterocycles. The first-order valence-corrected chi connectivity index (χ1v) is 4.40. The van der Waals surface area contributed by atoms with Crippen LogP contribution in [0, 0.1) is 10.1 Å². The molecule has 0 aromatic rings. The van der Waals surface area contributed by atoms with Gasteiger partial charge in [0, 0.05) is 12.3 Å². The summed E-state index contributed by atoms with van der Waals surface area (Å²) < 4.78 is 0. The van der Waals surface area contributed by atoms with E-state index in [0.29, 0.717) is 0 Å². The second kappa shape index (κ2) is 5.35. The predicted molar refractivity (Wildman–Crippen MR) is 52.8 cm³/mol. The third-order valence-corrected chi connectivity index (χ3v) is 1.59. The van der Waals surface area contributed by atoms with Crippen LogP contribution in [0.2, 0.25) is 0 Å². The van der Waals surface area contributed by atoms with Crippen molar-refractivity contribution >= 4 is 0 Å². The normalized spacial score (nSPS) is 20.2. The summed E-state index contributed by atoms with van der Waals surface area (Å²) in [7, 11) is 0. The number of hydrogen-bond acceptors (Lipinski definition) is 3. The van der Waals surface area contributed by atoms with Gasteiger partial charge in [0.2, 0.25) is 0 Å². The van der Waals surface area contributed by atoms with Crippen LogP contribution in [-0.4, -0.2) is 11.0 Å². The van der Waals surface area contributed by atoms with Crippen LogP contribution in [0.5, 0.6) is 0 Å². The molecule has 0 saturated carbocycles. The predicted octanol–water partition coefficient (Wildman–Crippen LogP) is 2.07. The lowest BCUT2D eigenvalue weighted by atomic mass is 10.1. The average molecular weight is 184 g/mol. The fourth-order valence-electron chi connectivity index (χ4n) is 0.953. The Kier molecular flexibility index (Phi) is 4.80. The monoisotopic (exact) mass is 184 g/mol. The molecule has 0 fully saturated rings. The van der Waals surface area contributed by atoms with Gasteiger partial charge in [0.15, 0.2) is 0 Å². The Hall–Kier alpha value is -1.32. The highest BCUT2D eigenvalue weighted by atomic mass is 16.6. The van der Waals surface area contributed by atoms with Gasteiger partial charge in [0.05, 0.1) is 4.92 Å². The molecule has 0 radical (unpaired) electrons. The number of dihydropyridines is 1. The minimum atomic E-state index is -0.353. The van der Waals surface area contributed by atoms with Gasteiger partial charge in [-0.1, -0.05) is 13.8 Å². The fraction of sp³-hybridized carbons (Fsp3) is 0.556. The highest BCUT2D eigenvalue weighted by Gasteiger charge is 2.21. The number of nitrogens with one attached hydrogen (secondary N) is 1. The highest BCUT2D eigenvalue weighted by Crippen LogP contribution is 2.11. The van der Waals surface area contributed by atoms with E-state index in [0.717, 1.165) is 5.57 Å². The quantitative estimate of drug-likeness (QED) is 0.501. The van der Waals surface area contributed by atoms with Crippen LogP contribution in [-0.2, 0) is 0 Å². The molecule has 4 heteroatoms. The van der Waals surface area contributed by atoms with Gasteiger partial charge in [-0.25, -0.2) is 0 Å². The number of rotatable bonds is 1. The number of allylic oxidation sites excluding steroid dienone is 2.